The number of hydrogen-bond donors (Lipinski definition) is 2. The molecule has 1 aromatic heterocycles. The van der Waals surface area contributed by atoms with Gasteiger partial charge in [0, 0.05) is 23.2 Å². The van der Waals surface area contributed by atoms with Gasteiger partial charge in [0.25, 0.3) is 0 Å². The summed E-state index contributed by atoms with van der Waals surface area (Å²) in [7, 11) is 0. The van der Waals surface area contributed by atoms with Gasteiger partial charge < -0.3 is 14.8 Å². The van der Waals surface area contributed by atoms with Crippen LogP contribution in [0, 0.1) is 0 Å². The number of benzene rings is 1. The fourth-order valence-electron chi connectivity index (χ4n) is 2.41. The van der Waals surface area contributed by atoms with Gasteiger partial charge in [-0.25, -0.2) is 0 Å². The Hall–Kier alpha value is -2.07. The van der Waals surface area contributed by atoms with Crippen molar-refractivity contribution < 1.29 is 14.6 Å². The van der Waals surface area contributed by atoms with Gasteiger partial charge in [-0.3, -0.25) is 4.79 Å². The maximum atomic E-state index is 11.4. The molecule has 0 aliphatic carbocycles. The average molecular weight is 257 g/mol. The number of esters is 1. The Balaban J connectivity index is 1.88. The summed E-state index contributed by atoms with van der Waals surface area (Å²) in [4.78, 5) is 14.6. The number of aromatic nitrogens is 1. The van der Waals surface area contributed by atoms with Crippen LogP contribution in [0.15, 0.2) is 36.9 Å². The average Bonchev–Trinajstić information content (AvgIpc) is 2.80. The lowest BCUT2D eigenvalue weighted by Gasteiger charge is -2.27. The van der Waals surface area contributed by atoms with Crippen LogP contribution < -0.4 is 0 Å². The summed E-state index contributed by atoms with van der Waals surface area (Å²) in [6, 6.07) is 9.88. The van der Waals surface area contributed by atoms with E-state index in [0.717, 1.165) is 16.6 Å². The third-order valence-electron chi connectivity index (χ3n) is 3.43. The topological polar surface area (TPSA) is 62.3 Å². The molecule has 0 bridgehead atoms. The lowest BCUT2D eigenvalue weighted by molar-refractivity contribution is -0.155. The minimum absolute atomic E-state index is 0.0660. The minimum atomic E-state index is -0.646. The zero-order valence-corrected chi connectivity index (χ0v) is 10.4. The van der Waals surface area contributed by atoms with Crippen molar-refractivity contribution in [3.8, 4) is 0 Å². The molecule has 1 aliphatic heterocycles. The van der Waals surface area contributed by atoms with Crippen molar-refractivity contribution in [1.82, 2.24) is 4.98 Å². The molecule has 1 saturated heterocycles. The molecule has 2 aromatic rings. The van der Waals surface area contributed by atoms with Gasteiger partial charge in [-0.15, -0.1) is 0 Å². The molecule has 0 amide bonds. The van der Waals surface area contributed by atoms with Crippen LogP contribution >= 0.6 is 0 Å². The quantitative estimate of drug-likeness (QED) is 0.811. The molecule has 1 aliphatic rings. The van der Waals surface area contributed by atoms with Gasteiger partial charge in [-0.1, -0.05) is 24.8 Å². The largest absolute Gasteiger partial charge is 0.457 e. The normalized spacial score (nSPS) is 23.3. The zero-order valence-electron chi connectivity index (χ0n) is 10.4. The molecule has 1 fully saturated rings. The van der Waals surface area contributed by atoms with E-state index in [4.69, 9.17) is 4.74 Å². The van der Waals surface area contributed by atoms with Crippen LogP contribution in [0.25, 0.3) is 16.5 Å². The third-order valence-corrected chi connectivity index (χ3v) is 3.43. The van der Waals surface area contributed by atoms with E-state index in [1.165, 1.54) is 0 Å². The van der Waals surface area contributed by atoms with Crippen molar-refractivity contribution in [2.75, 3.05) is 0 Å². The maximum Gasteiger partial charge on any atom is 0.309 e. The number of hydrogen-bond acceptors (Lipinski definition) is 3. The molecule has 98 valence electrons. The fraction of sp³-hybridized carbons (Fsp3) is 0.267. The molecule has 0 spiro atoms. The number of rotatable bonds is 2. The summed E-state index contributed by atoms with van der Waals surface area (Å²) >= 11 is 0. The Morgan fingerprint density at radius 2 is 2.21 bits per heavy atom. The highest BCUT2D eigenvalue weighted by molar-refractivity contribution is 5.85. The Kier molecular flexibility index (Phi) is 2.87. The van der Waals surface area contributed by atoms with Gasteiger partial charge in [0.1, 0.15) is 6.10 Å². The number of fused-ring (bicyclic) bond motifs is 1. The lowest BCUT2D eigenvalue weighted by Crippen LogP contribution is -2.33. The Morgan fingerprint density at radius 3 is 2.95 bits per heavy atom. The smallest absolute Gasteiger partial charge is 0.309 e. The van der Waals surface area contributed by atoms with Crippen LogP contribution in [0.2, 0.25) is 0 Å². The van der Waals surface area contributed by atoms with Crippen molar-refractivity contribution in [2.45, 2.75) is 25.0 Å². The predicted octanol–water partition coefficient (Wildman–Crippen LogP) is 2.25. The van der Waals surface area contributed by atoms with Gasteiger partial charge in [-0.05, 0) is 17.5 Å². The van der Waals surface area contributed by atoms with Gasteiger partial charge >= 0.3 is 5.97 Å². The van der Waals surface area contributed by atoms with Crippen LogP contribution in [0.3, 0.4) is 0 Å². The highest BCUT2D eigenvalue weighted by atomic mass is 16.5. The number of aliphatic hydroxyl groups is 1. The van der Waals surface area contributed by atoms with Crippen molar-refractivity contribution >= 4 is 22.4 Å². The molecule has 2 unspecified atom stereocenters. The molecule has 1 aromatic carbocycles. The summed E-state index contributed by atoms with van der Waals surface area (Å²) in [5, 5.41) is 10.7. The number of carbonyl (C=O) groups excluding carboxylic acids is 1. The number of aromatic amines is 1. The Bertz CT molecular complexity index is 611. The first kappa shape index (κ1) is 12.0. The molecule has 4 heteroatoms. The van der Waals surface area contributed by atoms with Crippen molar-refractivity contribution in [3.63, 3.8) is 0 Å². The first-order valence-corrected chi connectivity index (χ1v) is 6.28. The van der Waals surface area contributed by atoms with Crippen molar-refractivity contribution in [2.24, 2.45) is 0 Å². The van der Waals surface area contributed by atoms with Gasteiger partial charge in [0.05, 0.1) is 12.5 Å². The molecule has 19 heavy (non-hydrogen) atoms. The number of ether oxygens (including phenoxy) is 1. The predicted molar refractivity (Wildman–Crippen MR) is 72.5 cm³/mol. The molecule has 3 rings (SSSR count). The van der Waals surface area contributed by atoms with Crippen LogP contribution in [0.4, 0.5) is 0 Å². The number of H-pyrrole nitrogens is 1. The molecule has 2 N–H and O–H groups in total. The maximum absolute atomic E-state index is 11.4. The Labute approximate surface area is 110 Å². The first-order chi connectivity index (χ1) is 9.13. The van der Waals surface area contributed by atoms with Gasteiger partial charge in [0.15, 0.2) is 0 Å². The molecule has 0 radical (unpaired) electrons. The SMILES string of the molecule is C=C(c1cc2ccccc2[nH]1)C1CC(O)CC(=O)O1. The number of carbonyl (C=O) groups is 1. The third kappa shape index (κ3) is 2.27. The van der Waals surface area contributed by atoms with Crippen molar-refractivity contribution in [3.05, 3.63) is 42.6 Å². The second-order valence-electron chi connectivity index (χ2n) is 4.87. The van der Waals surface area contributed by atoms with Crippen LogP contribution in [0.1, 0.15) is 18.5 Å². The molecule has 2 atom stereocenters. The Morgan fingerprint density at radius 1 is 1.42 bits per heavy atom. The number of aliphatic hydroxyl groups excluding tert-OH is 1. The van der Waals surface area contributed by atoms with E-state index in [1.54, 1.807) is 0 Å². The number of nitrogens with one attached hydrogen (secondary N) is 1. The summed E-state index contributed by atoms with van der Waals surface area (Å²) in [6.45, 7) is 3.99. The van der Waals surface area contributed by atoms with Crippen LogP contribution in [-0.2, 0) is 9.53 Å². The number of cyclic esters (lactones) is 1. The second-order valence-corrected chi connectivity index (χ2v) is 4.87. The van der Waals surface area contributed by atoms with Crippen LogP contribution in [-0.4, -0.2) is 28.3 Å². The summed E-state index contributed by atoms with van der Waals surface area (Å²) < 4.78 is 5.25. The van der Waals surface area contributed by atoms with Crippen LogP contribution in [0.5, 0.6) is 0 Å². The van der Waals surface area contributed by atoms with Gasteiger partial charge in [0.2, 0.25) is 0 Å². The molecular weight excluding hydrogens is 242 g/mol. The molecule has 2 heterocycles. The molecule has 4 nitrogen and oxygen atoms in total. The van der Waals surface area contributed by atoms with E-state index >= 15 is 0 Å². The fourth-order valence-corrected chi connectivity index (χ4v) is 2.41. The van der Waals surface area contributed by atoms with E-state index < -0.39 is 12.2 Å². The summed E-state index contributed by atoms with van der Waals surface area (Å²) in [5.41, 5.74) is 2.55. The van der Waals surface area contributed by atoms with E-state index in [2.05, 4.69) is 11.6 Å². The van der Waals surface area contributed by atoms with E-state index in [9.17, 15) is 9.90 Å². The summed E-state index contributed by atoms with van der Waals surface area (Å²) in [6.07, 6.45) is -0.632. The van der Waals surface area contributed by atoms with Gasteiger partial charge in [-0.2, -0.15) is 0 Å². The minimum Gasteiger partial charge on any atom is -0.457 e. The highest BCUT2D eigenvalue weighted by Crippen LogP contribution is 2.28. The standard InChI is InChI=1S/C15H15NO3/c1-9(14-7-11(17)8-15(18)19-14)13-6-10-4-2-3-5-12(10)16-13/h2-6,11,14,16-17H,1,7-8H2. The lowest BCUT2D eigenvalue weighted by atomic mass is 9.98. The van der Waals surface area contributed by atoms with E-state index in [-0.39, 0.29) is 12.4 Å². The van der Waals surface area contributed by atoms with E-state index in [1.807, 2.05) is 30.3 Å². The summed E-state index contributed by atoms with van der Waals surface area (Å²) in [5.74, 6) is -0.374. The second kappa shape index (κ2) is 4.55. The number of para-hydroxylation sites is 1. The monoisotopic (exact) mass is 257 g/mol. The van der Waals surface area contributed by atoms with E-state index in [0.29, 0.717) is 12.0 Å². The molecular formula is C15H15NO3. The van der Waals surface area contributed by atoms with Crippen molar-refractivity contribution in [1.29, 1.82) is 0 Å². The highest BCUT2D eigenvalue weighted by Gasteiger charge is 2.29. The molecule has 0 saturated carbocycles. The first-order valence-electron chi connectivity index (χ1n) is 6.28. The zero-order chi connectivity index (χ0) is 13.4.